The first-order chi connectivity index (χ1) is 5.47. The highest BCUT2D eigenvalue weighted by atomic mass is 79.9. The average molecular weight is 249 g/mol. The Morgan fingerprint density at radius 3 is 2.75 bits per heavy atom. The standard InChI is InChI=1S/C7H9BrN2OS/c1-12(2,11)10-7-4-3-6(8)5-9-7/h3-5H,1H2,2H3,(H,9,10,11). The summed E-state index contributed by atoms with van der Waals surface area (Å²) in [5, 5.41) is 0. The Morgan fingerprint density at radius 1 is 1.67 bits per heavy atom. The maximum atomic E-state index is 11.2. The van der Waals surface area contributed by atoms with Gasteiger partial charge in [0.1, 0.15) is 5.82 Å². The van der Waals surface area contributed by atoms with Crippen molar-refractivity contribution in [1.29, 1.82) is 0 Å². The molecule has 66 valence electrons. The van der Waals surface area contributed by atoms with Crippen LogP contribution in [-0.2, 0) is 9.71 Å². The molecule has 1 aromatic heterocycles. The lowest BCUT2D eigenvalue weighted by Gasteiger charge is -2.05. The molecule has 0 saturated heterocycles. The Bertz CT molecular complexity index is 357. The molecule has 0 saturated carbocycles. The minimum absolute atomic E-state index is 0.570. The number of pyridine rings is 1. The fraction of sp³-hybridized carbons (Fsp3) is 0.143. The Hall–Kier alpha value is -0.550. The van der Waals surface area contributed by atoms with Crippen molar-refractivity contribution in [1.82, 2.24) is 4.98 Å². The SMILES string of the molecule is C=S(C)(=O)Nc1ccc(Br)cn1. The highest BCUT2D eigenvalue weighted by Gasteiger charge is 1.96. The second-order valence-electron chi connectivity index (χ2n) is 2.47. The lowest BCUT2D eigenvalue weighted by atomic mass is 10.5. The third kappa shape index (κ3) is 3.23. The topological polar surface area (TPSA) is 42.0 Å². The number of hydrogen-bond acceptors (Lipinski definition) is 2. The fourth-order valence-electron chi connectivity index (χ4n) is 0.657. The average Bonchev–Trinajstić information content (AvgIpc) is 1.91. The van der Waals surface area contributed by atoms with Gasteiger partial charge in [0.2, 0.25) is 0 Å². The van der Waals surface area contributed by atoms with Crippen molar-refractivity contribution in [2.24, 2.45) is 0 Å². The lowest BCUT2D eigenvalue weighted by molar-refractivity contribution is 0.688. The molecule has 5 heteroatoms. The largest absolute Gasteiger partial charge is 0.298 e. The van der Waals surface area contributed by atoms with Crippen molar-refractivity contribution in [3.8, 4) is 0 Å². The summed E-state index contributed by atoms with van der Waals surface area (Å²) in [5.41, 5.74) is 0. The minimum Gasteiger partial charge on any atom is -0.298 e. The molecule has 1 rings (SSSR count). The molecule has 1 aromatic rings. The van der Waals surface area contributed by atoms with Gasteiger partial charge in [-0.15, -0.1) is 0 Å². The third-order valence-corrected chi connectivity index (χ3v) is 2.16. The van der Waals surface area contributed by atoms with Crippen molar-refractivity contribution < 1.29 is 4.21 Å². The van der Waals surface area contributed by atoms with Gasteiger partial charge >= 0.3 is 0 Å². The summed E-state index contributed by atoms with van der Waals surface area (Å²) in [6.45, 7) is 0. The van der Waals surface area contributed by atoms with E-state index < -0.39 is 9.71 Å². The van der Waals surface area contributed by atoms with Gasteiger partial charge in [0.25, 0.3) is 0 Å². The van der Waals surface area contributed by atoms with Crippen molar-refractivity contribution >= 4 is 37.3 Å². The highest BCUT2D eigenvalue weighted by Crippen LogP contribution is 2.10. The molecule has 12 heavy (non-hydrogen) atoms. The zero-order valence-electron chi connectivity index (χ0n) is 6.58. The highest BCUT2D eigenvalue weighted by molar-refractivity contribution is 9.10. The maximum Gasteiger partial charge on any atom is 0.137 e. The second-order valence-corrected chi connectivity index (χ2v) is 5.60. The normalized spacial score (nSPS) is 15.2. The molecule has 0 aliphatic carbocycles. The van der Waals surface area contributed by atoms with E-state index in [0.29, 0.717) is 5.82 Å². The van der Waals surface area contributed by atoms with Crippen LogP contribution in [0.25, 0.3) is 0 Å². The van der Waals surface area contributed by atoms with E-state index in [9.17, 15) is 4.21 Å². The molecular formula is C7H9BrN2OS. The predicted molar refractivity (Wildman–Crippen MR) is 56.7 cm³/mol. The van der Waals surface area contributed by atoms with Gasteiger partial charge in [0.05, 0.1) is 0 Å². The van der Waals surface area contributed by atoms with Gasteiger partial charge in [0, 0.05) is 26.6 Å². The van der Waals surface area contributed by atoms with Crippen molar-refractivity contribution in [3.63, 3.8) is 0 Å². The molecule has 0 amide bonds. The van der Waals surface area contributed by atoms with Crippen molar-refractivity contribution in [2.45, 2.75) is 0 Å². The summed E-state index contributed by atoms with van der Waals surface area (Å²) in [6, 6.07) is 3.55. The third-order valence-electron chi connectivity index (χ3n) is 1.05. The molecule has 0 aromatic carbocycles. The van der Waals surface area contributed by atoms with Crippen molar-refractivity contribution in [2.75, 3.05) is 11.0 Å². The van der Waals surface area contributed by atoms with E-state index >= 15 is 0 Å². The van der Waals surface area contributed by atoms with Crippen LogP contribution in [0.4, 0.5) is 5.82 Å². The monoisotopic (exact) mass is 248 g/mol. The Morgan fingerprint density at radius 2 is 2.33 bits per heavy atom. The molecule has 0 aliphatic rings. The van der Waals surface area contributed by atoms with Gasteiger partial charge in [-0.3, -0.25) is 4.72 Å². The molecule has 1 heterocycles. The quantitative estimate of drug-likeness (QED) is 0.807. The van der Waals surface area contributed by atoms with E-state index in [4.69, 9.17) is 0 Å². The second kappa shape index (κ2) is 3.45. The van der Waals surface area contributed by atoms with Crippen LogP contribution in [0.5, 0.6) is 0 Å². The summed E-state index contributed by atoms with van der Waals surface area (Å²) in [4.78, 5) is 3.99. The first kappa shape index (κ1) is 9.54. The maximum absolute atomic E-state index is 11.2. The molecule has 0 spiro atoms. The number of aromatic nitrogens is 1. The van der Waals surface area contributed by atoms with Crippen LogP contribution in [0, 0.1) is 0 Å². The number of anilines is 1. The van der Waals surface area contributed by atoms with Crippen LogP contribution < -0.4 is 4.72 Å². The molecule has 1 atom stereocenters. The lowest BCUT2D eigenvalue weighted by Crippen LogP contribution is -2.10. The van der Waals surface area contributed by atoms with Crippen LogP contribution in [0.2, 0.25) is 0 Å². The molecule has 0 radical (unpaired) electrons. The fourth-order valence-corrected chi connectivity index (χ4v) is 1.46. The number of hydrogen-bond donors (Lipinski definition) is 1. The van der Waals surface area contributed by atoms with Gasteiger partial charge in [-0.25, -0.2) is 9.19 Å². The summed E-state index contributed by atoms with van der Waals surface area (Å²) in [5.74, 6) is 4.02. The number of nitrogens with one attached hydrogen (secondary N) is 1. The zero-order valence-corrected chi connectivity index (χ0v) is 8.98. The first-order valence-electron chi connectivity index (χ1n) is 3.19. The van der Waals surface area contributed by atoms with E-state index in [0.717, 1.165) is 4.47 Å². The van der Waals surface area contributed by atoms with Crippen LogP contribution >= 0.6 is 15.9 Å². The van der Waals surface area contributed by atoms with Crippen LogP contribution in [0.15, 0.2) is 22.8 Å². The van der Waals surface area contributed by atoms with Gasteiger partial charge in [-0.2, -0.15) is 0 Å². The number of rotatable bonds is 2. The van der Waals surface area contributed by atoms with Gasteiger partial charge in [-0.05, 0) is 33.9 Å². The van der Waals surface area contributed by atoms with E-state index in [1.165, 1.54) is 6.26 Å². The molecule has 1 N–H and O–H groups in total. The Balaban J connectivity index is 2.85. The summed E-state index contributed by atoms with van der Waals surface area (Å²) < 4.78 is 14.7. The number of nitrogens with zero attached hydrogens (tertiary/aromatic N) is 1. The smallest absolute Gasteiger partial charge is 0.137 e. The Labute approximate surface area is 80.5 Å². The Kier molecular flexibility index (Phi) is 2.74. The molecule has 3 nitrogen and oxygen atoms in total. The van der Waals surface area contributed by atoms with E-state index in [2.05, 4.69) is 31.5 Å². The van der Waals surface area contributed by atoms with Crippen molar-refractivity contribution in [3.05, 3.63) is 22.8 Å². The summed E-state index contributed by atoms with van der Waals surface area (Å²) in [6.07, 6.45) is 3.16. The molecular weight excluding hydrogens is 240 g/mol. The predicted octanol–water partition coefficient (Wildman–Crippen LogP) is 1.52. The van der Waals surface area contributed by atoms with Crippen LogP contribution in [0.3, 0.4) is 0 Å². The summed E-state index contributed by atoms with van der Waals surface area (Å²) >= 11 is 3.25. The van der Waals surface area contributed by atoms with Gasteiger partial charge in [-0.1, -0.05) is 0 Å². The first-order valence-corrected chi connectivity index (χ1v) is 6.12. The minimum atomic E-state index is -2.22. The van der Waals surface area contributed by atoms with Gasteiger partial charge < -0.3 is 0 Å². The van der Waals surface area contributed by atoms with E-state index in [1.54, 1.807) is 12.3 Å². The van der Waals surface area contributed by atoms with Crippen LogP contribution in [0.1, 0.15) is 0 Å². The van der Waals surface area contributed by atoms with E-state index in [-0.39, 0.29) is 0 Å². The molecule has 1 unspecified atom stereocenters. The van der Waals surface area contributed by atoms with Gasteiger partial charge in [0.15, 0.2) is 0 Å². The molecule has 0 aliphatic heterocycles. The summed E-state index contributed by atoms with van der Waals surface area (Å²) in [7, 11) is -2.22. The molecule has 0 fully saturated rings. The number of halogens is 1. The van der Waals surface area contributed by atoms with E-state index in [1.807, 2.05) is 6.07 Å². The van der Waals surface area contributed by atoms with Crippen LogP contribution in [-0.4, -0.2) is 21.3 Å². The zero-order chi connectivity index (χ0) is 9.19. The molecule has 0 bridgehead atoms.